The van der Waals surface area contributed by atoms with Crippen LogP contribution in [0.15, 0.2) is 83.8 Å². The van der Waals surface area contributed by atoms with Crippen molar-refractivity contribution in [3.63, 3.8) is 0 Å². The molecule has 0 unspecified atom stereocenters. The summed E-state index contributed by atoms with van der Waals surface area (Å²) in [4.78, 5) is 28.5. The number of anilines is 1. The summed E-state index contributed by atoms with van der Waals surface area (Å²) in [5.74, 6) is -0.729. The van der Waals surface area contributed by atoms with Gasteiger partial charge in [-0.2, -0.15) is 0 Å². The van der Waals surface area contributed by atoms with E-state index >= 15 is 0 Å². The number of rotatable bonds is 12. The molecule has 0 aromatic heterocycles. The second-order valence-electron chi connectivity index (χ2n) is 9.97. The van der Waals surface area contributed by atoms with Crippen LogP contribution < -0.4 is 9.62 Å². The molecule has 2 amide bonds. The second-order valence-corrected chi connectivity index (χ2v) is 11.8. The molecule has 0 bridgehead atoms. The number of nitrogens with zero attached hydrogens (tertiary/aromatic N) is 2. The molecule has 0 heterocycles. The van der Waals surface area contributed by atoms with Gasteiger partial charge in [-0.25, -0.2) is 8.42 Å². The van der Waals surface area contributed by atoms with Crippen molar-refractivity contribution >= 4 is 27.5 Å². The summed E-state index contributed by atoms with van der Waals surface area (Å²) >= 11 is 0. The smallest absolute Gasteiger partial charge is 0.264 e. The first-order valence-electron chi connectivity index (χ1n) is 13.4. The predicted molar refractivity (Wildman–Crippen MR) is 156 cm³/mol. The van der Waals surface area contributed by atoms with E-state index in [-0.39, 0.29) is 23.4 Å². The summed E-state index contributed by atoms with van der Waals surface area (Å²) in [5.41, 5.74) is 3.22. The van der Waals surface area contributed by atoms with Crippen molar-refractivity contribution in [1.29, 1.82) is 0 Å². The molecule has 0 aliphatic heterocycles. The van der Waals surface area contributed by atoms with Crippen LogP contribution >= 0.6 is 0 Å². The molecule has 8 heteroatoms. The fourth-order valence-electron chi connectivity index (χ4n) is 4.38. The number of nitrogens with one attached hydrogen (secondary N) is 1. The van der Waals surface area contributed by atoms with Gasteiger partial charge < -0.3 is 10.2 Å². The molecule has 0 saturated heterocycles. The lowest BCUT2D eigenvalue weighted by molar-refractivity contribution is -0.139. The highest BCUT2D eigenvalue weighted by Crippen LogP contribution is 2.28. The minimum Gasteiger partial charge on any atom is -0.352 e. The van der Waals surface area contributed by atoms with Gasteiger partial charge in [-0.15, -0.1) is 0 Å². The van der Waals surface area contributed by atoms with Crippen LogP contribution in [0.4, 0.5) is 5.69 Å². The third kappa shape index (κ3) is 7.69. The zero-order chi connectivity index (χ0) is 28.6. The van der Waals surface area contributed by atoms with E-state index in [9.17, 15) is 18.0 Å². The number of amides is 2. The Labute approximate surface area is 232 Å². The summed E-state index contributed by atoms with van der Waals surface area (Å²) in [5, 5.41) is 2.88. The Morgan fingerprint density at radius 2 is 1.49 bits per heavy atom. The standard InChI is InChI=1S/C31H39N3O4S/c1-6-27-14-10-11-15-29(27)34(39(37,38)28-18-16-24(4)17-19-28)22-30(35)33(25(5)31(36)32-23(2)3)21-20-26-12-8-7-9-13-26/h7-19,23,25H,6,20-22H2,1-5H3,(H,32,36)/t25-/m1/s1. The number of carbonyl (C=O) groups excluding carboxylic acids is 2. The summed E-state index contributed by atoms with van der Waals surface area (Å²) in [6.45, 7) is 9.07. The molecule has 3 aromatic rings. The van der Waals surface area contributed by atoms with Gasteiger partial charge in [0.05, 0.1) is 10.6 Å². The van der Waals surface area contributed by atoms with Gasteiger partial charge in [-0.3, -0.25) is 13.9 Å². The van der Waals surface area contributed by atoms with Gasteiger partial charge in [-0.05, 0) is 69.9 Å². The Bertz CT molecular complexity index is 1360. The first-order chi connectivity index (χ1) is 18.5. The summed E-state index contributed by atoms with van der Waals surface area (Å²) in [6, 6.07) is 22.6. The van der Waals surface area contributed by atoms with Gasteiger partial charge in [0, 0.05) is 12.6 Å². The average Bonchev–Trinajstić information content (AvgIpc) is 2.92. The molecule has 0 aliphatic rings. The zero-order valence-electron chi connectivity index (χ0n) is 23.4. The van der Waals surface area contributed by atoms with Gasteiger partial charge in [0.25, 0.3) is 10.0 Å². The molecule has 1 N–H and O–H groups in total. The molecule has 0 spiro atoms. The van der Waals surface area contributed by atoms with Crippen LogP contribution in [-0.4, -0.2) is 50.3 Å². The molecular formula is C31H39N3O4S. The first-order valence-corrected chi connectivity index (χ1v) is 14.8. The molecule has 1 atom stereocenters. The van der Waals surface area contributed by atoms with Gasteiger partial charge in [-0.1, -0.05) is 73.2 Å². The van der Waals surface area contributed by atoms with Crippen molar-refractivity contribution in [1.82, 2.24) is 10.2 Å². The molecule has 0 radical (unpaired) electrons. The molecule has 0 fully saturated rings. The molecule has 208 valence electrons. The van der Waals surface area contributed by atoms with Gasteiger partial charge in [0.1, 0.15) is 12.6 Å². The fourth-order valence-corrected chi connectivity index (χ4v) is 5.83. The lowest BCUT2D eigenvalue weighted by atomic mass is 10.1. The largest absolute Gasteiger partial charge is 0.352 e. The van der Waals surface area contributed by atoms with Crippen LogP contribution in [0.2, 0.25) is 0 Å². The summed E-state index contributed by atoms with van der Waals surface area (Å²) in [7, 11) is -4.08. The molecule has 0 saturated carbocycles. The number of carbonyl (C=O) groups is 2. The maximum atomic E-state index is 14.0. The van der Waals surface area contributed by atoms with Crippen LogP contribution in [0, 0.1) is 6.92 Å². The number of para-hydroxylation sites is 1. The topological polar surface area (TPSA) is 86.8 Å². The Balaban J connectivity index is 2.01. The minimum atomic E-state index is -4.08. The van der Waals surface area contributed by atoms with E-state index in [2.05, 4.69) is 5.32 Å². The lowest BCUT2D eigenvalue weighted by Crippen LogP contribution is -2.53. The highest BCUT2D eigenvalue weighted by Gasteiger charge is 2.33. The van der Waals surface area contributed by atoms with E-state index in [1.165, 1.54) is 9.21 Å². The van der Waals surface area contributed by atoms with Crippen molar-refractivity contribution in [3.05, 3.63) is 95.6 Å². The molecule has 7 nitrogen and oxygen atoms in total. The third-order valence-corrected chi connectivity index (χ3v) is 8.39. The minimum absolute atomic E-state index is 0.0964. The van der Waals surface area contributed by atoms with Crippen molar-refractivity contribution in [2.24, 2.45) is 0 Å². The maximum Gasteiger partial charge on any atom is 0.264 e. The number of aryl methyl sites for hydroxylation is 2. The second kappa shape index (κ2) is 13.4. The monoisotopic (exact) mass is 549 g/mol. The normalized spacial score (nSPS) is 12.2. The van der Waals surface area contributed by atoms with Crippen LogP contribution in [0.1, 0.15) is 44.4 Å². The van der Waals surface area contributed by atoms with Crippen LogP contribution in [-0.2, 0) is 32.5 Å². The van der Waals surface area contributed by atoms with Gasteiger partial charge in [0.15, 0.2) is 0 Å². The van der Waals surface area contributed by atoms with Crippen molar-refractivity contribution in [2.75, 3.05) is 17.4 Å². The molecule has 0 aliphatic carbocycles. The number of hydrogen-bond acceptors (Lipinski definition) is 4. The quantitative estimate of drug-likeness (QED) is 0.354. The Morgan fingerprint density at radius 3 is 2.10 bits per heavy atom. The van der Waals surface area contributed by atoms with E-state index < -0.39 is 28.5 Å². The van der Waals surface area contributed by atoms with Crippen LogP contribution in [0.5, 0.6) is 0 Å². The number of hydrogen-bond donors (Lipinski definition) is 1. The molecule has 3 rings (SSSR count). The fraction of sp³-hybridized carbons (Fsp3) is 0.355. The van der Waals surface area contributed by atoms with E-state index in [0.717, 1.165) is 16.7 Å². The number of sulfonamides is 1. The van der Waals surface area contributed by atoms with E-state index in [1.54, 1.807) is 43.3 Å². The van der Waals surface area contributed by atoms with Crippen LogP contribution in [0.25, 0.3) is 0 Å². The third-order valence-electron chi connectivity index (χ3n) is 6.61. The van der Waals surface area contributed by atoms with Crippen LogP contribution in [0.3, 0.4) is 0 Å². The molecule has 39 heavy (non-hydrogen) atoms. The average molecular weight is 550 g/mol. The molecular weight excluding hydrogens is 510 g/mol. The van der Waals surface area contributed by atoms with E-state index in [4.69, 9.17) is 0 Å². The predicted octanol–water partition coefficient (Wildman–Crippen LogP) is 4.74. The van der Waals surface area contributed by atoms with Crippen molar-refractivity contribution in [2.45, 2.75) is 64.4 Å². The summed E-state index contributed by atoms with van der Waals surface area (Å²) < 4.78 is 29.1. The number of benzene rings is 3. The first kappa shape index (κ1) is 29.9. The van der Waals surface area contributed by atoms with E-state index in [0.29, 0.717) is 18.5 Å². The lowest BCUT2D eigenvalue weighted by Gasteiger charge is -2.33. The Morgan fingerprint density at radius 1 is 0.872 bits per heavy atom. The Hall–Kier alpha value is -3.65. The van der Waals surface area contributed by atoms with E-state index in [1.807, 2.05) is 70.2 Å². The highest BCUT2D eigenvalue weighted by atomic mass is 32.2. The highest BCUT2D eigenvalue weighted by molar-refractivity contribution is 7.92. The van der Waals surface area contributed by atoms with Gasteiger partial charge in [0.2, 0.25) is 11.8 Å². The summed E-state index contributed by atoms with van der Waals surface area (Å²) in [6.07, 6.45) is 1.12. The Kier molecular flexibility index (Phi) is 10.3. The van der Waals surface area contributed by atoms with Gasteiger partial charge >= 0.3 is 0 Å². The van der Waals surface area contributed by atoms with Crippen molar-refractivity contribution < 1.29 is 18.0 Å². The molecule has 3 aromatic carbocycles. The SMILES string of the molecule is CCc1ccccc1N(CC(=O)N(CCc1ccccc1)[C@H](C)C(=O)NC(C)C)S(=O)(=O)c1ccc(C)cc1. The van der Waals surface area contributed by atoms with Crippen molar-refractivity contribution in [3.8, 4) is 0 Å². The maximum absolute atomic E-state index is 14.0. The zero-order valence-corrected chi connectivity index (χ0v) is 24.2.